The molecule has 1 aromatic heterocycles. The largest absolute Gasteiger partial charge is 0.481 e. The third-order valence-corrected chi connectivity index (χ3v) is 3.74. The molecule has 0 radical (unpaired) electrons. The Hall–Kier alpha value is -1.03. The lowest BCUT2D eigenvalue weighted by Gasteiger charge is -2.33. The standard InChI is InChI=1S/C13H23N3O/c1-10(2)16-7-5-11(6-8-16)12-9-13(17-4)15(3)14-12/h9-11H,5-8H2,1-4H3. The highest BCUT2D eigenvalue weighted by molar-refractivity contribution is 5.19. The molecular formula is C13H23N3O. The fraction of sp³-hybridized carbons (Fsp3) is 0.769. The van der Waals surface area contributed by atoms with Crippen LogP contribution in [0.2, 0.25) is 0 Å². The van der Waals surface area contributed by atoms with Crippen LogP contribution >= 0.6 is 0 Å². The van der Waals surface area contributed by atoms with E-state index < -0.39 is 0 Å². The Labute approximate surface area is 104 Å². The van der Waals surface area contributed by atoms with Gasteiger partial charge in [0.1, 0.15) is 0 Å². The summed E-state index contributed by atoms with van der Waals surface area (Å²) >= 11 is 0. The van der Waals surface area contributed by atoms with E-state index in [-0.39, 0.29) is 0 Å². The number of aromatic nitrogens is 2. The van der Waals surface area contributed by atoms with Gasteiger partial charge in [-0.1, -0.05) is 0 Å². The SMILES string of the molecule is COc1cc(C2CCN(C(C)C)CC2)nn1C. The summed E-state index contributed by atoms with van der Waals surface area (Å²) in [6, 6.07) is 2.74. The quantitative estimate of drug-likeness (QED) is 0.805. The van der Waals surface area contributed by atoms with E-state index in [9.17, 15) is 0 Å². The molecule has 2 heterocycles. The van der Waals surface area contributed by atoms with Gasteiger partial charge in [0.25, 0.3) is 0 Å². The van der Waals surface area contributed by atoms with Crippen molar-refractivity contribution in [2.24, 2.45) is 7.05 Å². The van der Waals surface area contributed by atoms with E-state index in [0.29, 0.717) is 12.0 Å². The summed E-state index contributed by atoms with van der Waals surface area (Å²) in [6.45, 7) is 6.90. The van der Waals surface area contributed by atoms with Crippen molar-refractivity contribution >= 4 is 0 Å². The molecule has 0 amide bonds. The van der Waals surface area contributed by atoms with Crippen LogP contribution in [0.1, 0.15) is 38.3 Å². The number of hydrogen-bond acceptors (Lipinski definition) is 3. The molecule has 0 saturated carbocycles. The van der Waals surface area contributed by atoms with Crippen LogP contribution in [0.4, 0.5) is 0 Å². The smallest absolute Gasteiger partial charge is 0.211 e. The highest BCUT2D eigenvalue weighted by Crippen LogP contribution is 2.29. The molecule has 0 bridgehead atoms. The number of likely N-dealkylation sites (tertiary alicyclic amines) is 1. The Morgan fingerprint density at radius 3 is 2.47 bits per heavy atom. The molecular weight excluding hydrogens is 214 g/mol. The molecule has 17 heavy (non-hydrogen) atoms. The minimum atomic E-state index is 0.597. The lowest BCUT2D eigenvalue weighted by Crippen LogP contribution is -2.37. The van der Waals surface area contributed by atoms with Gasteiger partial charge >= 0.3 is 0 Å². The van der Waals surface area contributed by atoms with Crippen molar-refractivity contribution in [2.75, 3.05) is 20.2 Å². The van der Waals surface area contributed by atoms with Crippen molar-refractivity contribution < 1.29 is 4.74 Å². The van der Waals surface area contributed by atoms with Crippen LogP contribution in [0.5, 0.6) is 5.88 Å². The molecule has 1 aromatic rings. The third-order valence-electron chi connectivity index (χ3n) is 3.74. The molecule has 4 heteroatoms. The summed E-state index contributed by atoms with van der Waals surface area (Å²) in [5, 5.41) is 4.55. The maximum atomic E-state index is 5.27. The number of rotatable bonds is 3. The van der Waals surface area contributed by atoms with Crippen LogP contribution in [0.25, 0.3) is 0 Å². The van der Waals surface area contributed by atoms with Gasteiger partial charge in [0.2, 0.25) is 5.88 Å². The number of ether oxygens (including phenoxy) is 1. The molecule has 0 spiro atoms. The maximum absolute atomic E-state index is 5.27. The molecule has 0 unspecified atom stereocenters. The van der Waals surface area contributed by atoms with Crippen molar-refractivity contribution in [1.29, 1.82) is 0 Å². The van der Waals surface area contributed by atoms with E-state index in [1.54, 1.807) is 7.11 Å². The normalized spacial score (nSPS) is 18.9. The van der Waals surface area contributed by atoms with Crippen molar-refractivity contribution in [3.05, 3.63) is 11.8 Å². The van der Waals surface area contributed by atoms with Crippen molar-refractivity contribution in [1.82, 2.24) is 14.7 Å². The lowest BCUT2D eigenvalue weighted by molar-refractivity contribution is 0.170. The molecule has 96 valence electrons. The number of hydrogen-bond donors (Lipinski definition) is 0. The number of methoxy groups -OCH3 is 1. The fourth-order valence-corrected chi connectivity index (χ4v) is 2.57. The molecule has 1 saturated heterocycles. The first-order valence-corrected chi connectivity index (χ1v) is 6.43. The molecule has 0 atom stereocenters. The Kier molecular flexibility index (Phi) is 3.72. The van der Waals surface area contributed by atoms with Crippen molar-refractivity contribution in [2.45, 2.75) is 38.6 Å². The van der Waals surface area contributed by atoms with Crippen LogP contribution < -0.4 is 4.74 Å². The van der Waals surface area contributed by atoms with Crippen LogP contribution in [0, 0.1) is 0 Å². The molecule has 0 N–H and O–H groups in total. The topological polar surface area (TPSA) is 30.3 Å². The summed E-state index contributed by atoms with van der Waals surface area (Å²) in [5.41, 5.74) is 1.19. The van der Waals surface area contributed by atoms with Gasteiger partial charge in [-0.25, -0.2) is 4.68 Å². The number of piperidine rings is 1. The summed E-state index contributed by atoms with van der Waals surface area (Å²) in [4.78, 5) is 2.54. The van der Waals surface area contributed by atoms with Gasteiger partial charge in [-0.15, -0.1) is 0 Å². The second-order valence-electron chi connectivity index (χ2n) is 5.14. The lowest BCUT2D eigenvalue weighted by atomic mass is 9.93. The van der Waals surface area contributed by atoms with Crippen LogP contribution in [0.3, 0.4) is 0 Å². The molecule has 0 aromatic carbocycles. The van der Waals surface area contributed by atoms with Gasteiger partial charge < -0.3 is 9.64 Å². The van der Waals surface area contributed by atoms with Crippen LogP contribution in [0.15, 0.2) is 6.07 Å². The van der Waals surface area contributed by atoms with Gasteiger partial charge in [0.15, 0.2) is 0 Å². The fourth-order valence-electron chi connectivity index (χ4n) is 2.57. The Balaban J connectivity index is 2.00. The molecule has 2 rings (SSSR count). The number of nitrogens with zero attached hydrogens (tertiary/aromatic N) is 3. The zero-order chi connectivity index (χ0) is 12.4. The average molecular weight is 237 g/mol. The zero-order valence-corrected chi connectivity index (χ0v) is 11.3. The van der Waals surface area contributed by atoms with Gasteiger partial charge in [0.05, 0.1) is 12.8 Å². The van der Waals surface area contributed by atoms with E-state index >= 15 is 0 Å². The first-order valence-electron chi connectivity index (χ1n) is 6.43. The minimum absolute atomic E-state index is 0.597. The van der Waals surface area contributed by atoms with Crippen LogP contribution in [-0.2, 0) is 7.05 Å². The van der Waals surface area contributed by atoms with Crippen LogP contribution in [-0.4, -0.2) is 40.9 Å². The average Bonchev–Trinajstić information content (AvgIpc) is 2.70. The first kappa shape index (κ1) is 12.4. The monoisotopic (exact) mass is 237 g/mol. The molecule has 1 aliphatic heterocycles. The Morgan fingerprint density at radius 2 is 2.00 bits per heavy atom. The summed E-state index contributed by atoms with van der Waals surface area (Å²) < 4.78 is 7.09. The molecule has 4 nitrogen and oxygen atoms in total. The zero-order valence-electron chi connectivity index (χ0n) is 11.3. The second kappa shape index (κ2) is 5.08. The molecule has 1 aliphatic rings. The third kappa shape index (κ3) is 2.63. The molecule has 0 aliphatic carbocycles. The highest BCUT2D eigenvalue weighted by Gasteiger charge is 2.24. The van der Waals surface area contributed by atoms with Crippen molar-refractivity contribution in [3.63, 3.8) is 0 Å². The van der Waals surface area contributed by atoms with E-state index in [1.807, 2.05) is 11.7 Å². The summed E-state index contributed by atoms with van der Waals surface area (Å²) in [5.74, 6) is 1.45. The minimum Gasteiger partial charge on any atom is -0.481 e. The maximum Gasteiger partial charge on any atom is 0.211 e. The highest BCUT2D eigenvalue weighted by atomic mass is 16.5. The summed E-state index contributed by atoms with van der Waals surface area (Å²) in [7, 11) is 3.63. The van der Waals surface area contributed by atoms with Gasteiger partial charge in [-0.05, 0) is 39.8 Å². The van der Waals surface area contributed by atoms with E-state index in [2.05, 4.69) is 29.9 Å². The Morgan fingerprint density at radius 1 is 1.35 bits per heavy atom. The van der Waals surface area contributed by atoms with Gasteiger partial charge in [-0.2, -0.15) is 5.10 Å². The molecule has 1 fully saturated rings. The number of aryl methyl sites for hydroxylation is 1. The van der Waals surface area contributed by atoms with E-state index in [1.165, 1.54) is 31.6 Å². The van der Waals surface area contributed by atoms with Crippen molar-refractivity contribution in [3.8, 4) is 5.88 Å². The second-order valence-corrected chi connectivity index (χ2v) is 5.14. The first-order chi connectivity index (χ1) is 8.11. The van der Waals surface area contributed by atoms with E-state index in [4.69, 9.17) is 4.74 Å². The summed E-state index contributed by atoms with van der Waals surface area (Å²) in [6.07, 6.45) is 2.41. The van der Waals surface area contributed by atoms with Gasteiger partial charge in [-0.3, -0.25) is 0 Å². The Bertz CT molecular complexity index is 365. The predicted molar refractivity (Wildman–Crippen MR) is 68.4 cm³/mol. The van der Waals surface area contributed by atoms with E-state index in [0.717, 1.165) is 5.88 Å². The predicted octanol–water partition coefficient (Wildman–Crippen LogP) is 2.02. The van der Waals surface area contributed by atoms with Gasteiger partial charge in [0, 0.05) is 25.1 Å².